The molecule has 0 aliphatic carbocycles. The second-order valence-electron chi connectivity index (χ2n) is 5.64. The maximum absolute atomic E-state index is 12.1. The lowest BCUT2D eigenvalue weighted by molar-refractivity contribution is -0.124. The van der Waals surface area contributed by atoms with E-state index in [0.29, 0.717) is 0 Å². The predicted octanol–water partition coefficient (Wildman–Crippen LogP) is 1.16. The van der Waals surface area contributed by atoms with Crippen molar-refractivity contribution in [2.75, 3.05) is 0 Å². The Kier molecular flexibility index (Phi) is 5.05. The topological polar surface area (TPSA) is 71.8 Å². The number of rotatable bonds is 6. The lowest BCUT2D eigenvalue weighted by atomic mass is 10.0. The highest BCUT2D eigenvalue weighted by atomic mass is 16.2. The summed E-state index contributed by atoms with van der Waals surface area (Å²) in [6.07, 6.45) is 2.54. The van der Waals surface area contributed by atoms with Gasteiger partial charge in [-0.2, -0.15) is 0 Å². The second kappa shape index (κ2) is 6.14. The molecule has 1 amide bonds. The molecule has 0 aromatic carbocycles. The molecule has 0 aliphatic heterocycles. The second-order valence-corrected chi connectivity index (χ2v) is 5.64. The van der Waals surface area contributed by atoms with Gasteiger partial charge in [0.25, 0.3) is 0 Å². The Morgan fingerprint density at radius 2 is 2.11 bits per heavy atom. The molecule has 0 aliphatic rings. The van der Waals surface area contributed by atoms with Crippen LogP contribution in [0.4, 0.5) is 0 Å². The monoisotopic (exact) mass is 267 g/mol. The van der Waals surface area contributed by atoms with Crippen LogP contribution in [-0.4, -0.2) is 32.3 Å². The SMILES string of the molecule is CCC(C)(C)NC(=O)C(C)NC(C)c1nncn1C. The molecule has 0 radical (unpaired) electrons. The molecule has 0 fully saturated rings. The molecule has 0 saturated heterocycles. The van der Waals surface area contributed by atoms with Crippen molar-refractivity contribution in [1.82, 2.24) is 25.4 Å². The summed E-state index contributed by atoms with van der Waals surface area (Å²) in [5.41, 5.74) is -0.180. The number of hydrogen-bond acceptors (Lipinski definition) is 4. The van der Waals surface area contributed by atoms with E-state index >= 15 is 0 Å². The first-order valence-electron chi connectivity index (χ1n) is 6.69. The van der Waals surface area contributed by atoms with Crippen LogP contribution < -0.4 is 10.6 Å². The van der Waals surface area contributed by atoms with Crippen LogP contribution in [0.5, 0.6) is 0 Å². The van der Waals surface area contributed by atoms with E-state index in [9.17, 15) is 4.79 Å². The predicted molar refractivity (Wildman–Crippen MR) is 74.5 cm³/mol. The first kappa shape index (κ1) is 15.6. The van der Waals surface area contributed by atoms with Gasteiger partial charge in [-0.3, -0.25) is 10.1 Å². The van der Waals surface area contributed by atoms with Crippen LogP contribution >= 0.6 is 0 Å². The van der Waals surface area contributed by atoms with Gasteiger partial charge in [-0.25, -0.2) is 0 Å². The average molecular weight is 267 g/mol. The minimum absolute atomic E-state index is 0.000804. The fourth-order valence-corrected chi connectivity index (χ4v) is 1.74. The molecular weight excluding hydrogens is 242 g/mol. The van der Waals surface area contributed by atoms with Crippen LogP contribution in [0.3, 0.4) is 0 Å². The van der Waals surface area contributed by atoms with E-state index < -0.39 is 0 Å². The Bertz CT molecular complexity index is 426. The van der Waals surface area contributed by atoms with Gasteiger partial charge in [0, 0.05) is 12.6 Å². The Balaban J connectivity index is 2.57. The van der Waals surface area contributed by atoms with E-state index in [1.807, 2.05) is 39.3 Å². The Labute approximate surface area is 115 Å². The van der Waals surface area contributed by atoms with Crippen LogP contribution in [0, 0.1) is 0 Å². The lowest BCUT2D eigenvalue weighted by Gasteiger charge is -2.27. The first-order valence-corrected chi connectivity index (χ1v) is 6.69. The Morgan fingerprint density at radius 3 is 2.58 bits per heavy atom. The zero-order valence-electron chi connectivity index (χ0n) is 12.7. The minimum Gasteiger partial charge on any atom is -0.350 e. The van der Waals surface area contributed by atoms with Crippen molar-refractivity contribution in [1.29, 1.82) is 0 Å². The summed E-state index contributed by atoms with van der Waals surface area (Å²) in [6.45, 7) is 9.92. The van der Waals surface area contributed by atoms with E-state index in [1.165, 1.54) is 0 Å². The third-order valence-electron chi connectivity index (χ3n) is 3.37. The highest BCUT2D eigenvalue weighted by Crippen LogP contribution is 2.10. The molecule has 108 valence electrons. The number of carbonyl (C=O) groups excluding carboxylic acids is 1. The molecule has 0 bridgehead atoms. The van der Waals surface area contributed by atoms with E-state index in [2.05, 4.69) is 27.8 Å². The summed E-state index contributed by atoms with van der Waals surface area (Å²) in [5, 5.41) is 14.1. The van der Waals surface area contributed by atoms with Crippen molar-refractivity contribution in [3.63, 3.8) is 0 Å². The number of carbonyl (C=O) groups is 1. The molecular formula is C13H25N5O. The zero-order chi connectivity index (χ0) is 14.6. The zero-order valence-corrected chi connectivity index (χ0v) is 12.7. The quantitative estimate of drug-likeness (QED) is 0.811. The van der Waals surface area contributed by atoms with Gasteiger partial charge in [-0.1, -0.05) is 6.92 Å². The smallest absolute Gasteiger partial charge is 0.237 e. The third kappa shape index (κ3) is 4.31. The molecule has 1 heterocycles. The number of amides is 1. The maximum atomic E-state index is 12.1. The number of nitrogens with zero attached hydrogens (tertiary/aromatic N) is 3. The van der Waals surface area contributed by atoms with E-state index in [0.717, 1.165) is 12.2 Å². The van der Waals surface area contributed by atoms with Gasteiger partial charge >= 0.3 is 0 Å². The summed E-state index contributed by atoms with van der Waals surface area (Å²) in [4.78, 5) is 12.1. The van der Waals surface area contributed by atoms with E-state index in [4.69, 9.17) is 0 Å². The fourth-order valence-electron chi connectivity index (χ4n) is 1.74. The molecule has 2 unspecified atom stereocenters. The minimum atomic E-state index is -0.280. The highest BCUT2D eigenvalue weighted by molar-refractivity contribution is 5.82. The van der Waals surface area contributed by atoms with E-state index in [1.54, 1.807) is 6.33 Å². The molecule has 19 heavy (non-hydrogen) atoms. The van der Waals surface area contributed by atoms with Gasteiger partial charge in [0.1, 0.15) is 12.2 Å². The van der Waals surface area contributed by atoms with Gasteiger partial charge in [0.2, 0.25) is 5.91 Å². The normalized spacial score (nSPS) is 15.1. The third-order valence-corrected chi connectivity index (χ3v) is 3.37. The standard InChI is InChI=1S/C13H25N5O/c1-7-13(4,5)16-12(19)10(3)15-9(2)11-17-14-8-18(11)6/h8-10,15H,7H2,1-6H3,(H,16,19). The maximum Gasteiger partial charge on any atom is 0.237 e. The van der Waals surface area contributed by atoms with Crippen molar-refractivity contribution in [2.45, 2.75) is 58.7 Å². The summed E-state index contributed by atoms with van der Waals surface area (Å²) in [7, 11) is 1.89. The molecule has 0 saturated carbocycles. The number of aromatic nitrogens is 3. The Hall–Kier alpha value is -1.43. The van der Waals surface area contributed by atoms with Crippen LogP contribution in [0.1, 0.15) is 52.9 Å². The van der Waals surface area contributed by atoms with E-state index in [-0.39, 0.29) is 23.5 Å². The van der Waals surface area contributed by atoms with Gasteiger partial charge in [-0.05, 0) is 34.1 Å². The van der Waals surface area contributed by atoms with Crippen LogP contribution in [0.15, 0.2) is 6.33 Å². The molecule has 6 heteroatoms. The average Bonchev–Trinajstić information content (AvgIpc) is 2.74. The van der Waals surface area contributed by atoms with Gasteiger partial charge < -0.3 is 9.88 Å². The van der Waals surface area contributed by atoms with Crippen molar-refractivity contribution >= 4 is 5.91 Å². The molecule has 1 rings (SSSR count). The summed E-state index contributed by atoms with van der Waals surface area (Å²) < 4.78 is 1.85. The van der Waals surface area contributed by atoms with Crippen LogP contribution in [0.2, 0.25) is 0 Å². The van der Waals surface area contributed by atoms with Crippen molar-refractivity contribution < 1.29 is 4.79 Å². The summed E-state index contributed by atoms with van der Waals surface area (Å²) in [5.74, 6) is 0.815. The number of aryl methyl sites for hydroxylation is 1. The highest BCUT2D eigenvalue weighted by Gasteiger charge is 2.23. The summed E-state index contributed by atoms with van der Waals surface area (Å²) >= 11 is 0. The van der Waals surface area contributed by atoms with Crippen LogP contribution in [0.25, 0.3) is 0 Å². The number of hydrogen-bond donors (Lipinski definition) is 2. The molecule has 6 nitrogen and oxygen atoms in total. The molecule has 1 aromatic rings. The molecule has 2 atom stereocenters. The molecule has 0 spiro atoms. The Morgan fingerprint density at radius 1 is 1.47 bits per heavy atom. The summed E-state index contributed by atoms with van der Waals surface area (Å²) in [6, 6.07) is -0.310. The molecule has 1 aromatic heterocycles. The van der Waals surface area contributed by atoms with Crippen molar-refractivity contribution in [3.8, 4) is 0 Å². The molecule has 2 N–H and O–H groups in total. The van der Waals surface area contributed by atoms with Crippen molar-refractivity contribution in [3.05, 3.63) is 12.2 Å². The first-order chi connectivity index (χ1) is 8.76. The lowest BCUT2D eigenvalue weighted by Crippen LogP contribution is -2.51. The van der Waals surface area contributed by atoms with Gasteiger partial charge in [0.15, 0.2) is 0 Å². The number of nitrogens with one attached hydrogen (secondary N) is 2. The van der Waals surface area contributed by atoms with Gasteiger partial charge in [0.05, 0.1) is 12.1 Å². The van der Waals surface area contributed by atoms with Gasteiger partial charge in [-0.15, -0.1) is 10.2 Å². The fraction of sp³-hybridized carbons (Fsp3) is 0.769. The largest absolute Gasteiger partial charge is 0.350 e. The van der Waals surface area contributed by atoms with Crippen LogP contribution in [-0.2, 0) is 11.8 Å². The van der Waals surface area contributed by atoms with Crippen molar-refractivity contribution in [2.24, 2.45) is 7.05 Å².